The maximum Gasteiger partial charge on any atom is 0.267 e. The minimum atomic E-state index is -0.477. The SMILES string of the molecule is O=C(c1cnc2n(c1=O)CCS2)N1CC[C@H](O)C1. The molecule has 2 aliphatic rings. The molecule has 1 aromatic rings. The van der Waals surface area contributed by atoms with E-state index in [2.05, 4.69) is 4.98 Å². The molecule has 0 radical (unpaired) electrons. The Morgan fingerprint density at radius 1 is 1.50 bits per heavy atom. The molecule has 0 saturated carbocycles. The Kier molecular flexibility index (Phi) is 2.87. The first-order chi connectivity index (χ1) is 8.66. The van der Waals surface area contributed by atoms with Crippen molar-refractivity contribution in [2.24, 2.45) is 0 Å². The third-order valence-electron chi connectivity index (χ3n) is 3.24. The Labute approximate surface area is 108 Å². The Morgan fingerprint density at radius 2 is 2.33 bits per heavy atom. The van der Waals surface area contributed by atoms with Gasteiger partial charge in [-0.25, -0.2) is 4.98 Å². The highest BCUT2D eigenvalue weighted by atomic mass is 32.2. The van der Waals surface area contributed by atoms with Crippen molar-refractivity contribution < 1.29 is 9.90 Å². The van der Waals surface area contributed by atoms with Gasteiger partial charge in [-0.2, -0.15) is 0 Å². The molecule has 1 atom stereocenters. The van der Waals surface area contributed by atoms with Crippen molar-refractivity contribution in [2.75, 3.05) is 18.8 Å². The molecule has 0 bridgehead atoms. The summed E-state index contributed by atoms with van der Waals surface area (Å²) in [5, 5.41) is 10.1. The van der Waals surface area contributed by atoms with Crippen molar-refractivity contribution in [3.8, 4) is 0 Å². The summed E-state index contributed by atoms with van der Waals surface area (Å²) in [4.78, 5) is 30.0. The van der Waals surface area contributed by atoms with Gasteiger partial charge in [-0.15, -0.1) is 0 Å². The van der Waals surface area contributed by atoms with Gasteiger partial charge in [-0.05, 0) is 6.42 Å². The number of aliphatic hydroxyl groups is 1. The van der Waals surface area contributed by atoms with Gasteiger partial charge < -0.3 is 10.0 Å². The van der Waals surface area contributed by atoms with E-state index in [1.165, 1.54) is 22.9 Å². The molecule has 3 heterocycles. The van der Waals surface area contributed by atoms with Crippen molar-refractivity contribution in [3.05, 3.63) is 22.1 Å². The van der Waals surface area contributed by atoms with Crippen molar-refractivity contribution in [1.29, 1.82) is 0 Å². The van der Waals surface area contributed by atoms with Gasteiger partial charge in [0.1, 0.15) is 5.56 Å². The highest BCUT2D eigenvalue weighted by Crippen LogP contribution is 2.21. The standard InChI is InChI=1S/C11H13N3O3S/c15-7-1-2-13(6-7)9(16)8-5-12-11-14(10(8)17)3-4-18-11/h5,7,15H,1-4,6H2/t7-/m0/s1. The number of thioether (sulfide) groups is 1. The number of β-amino-alcohol motifs (C(OH)–C–C–N with tert-alkyl or cyclic N) is 1. The number of aliphatic hydroxyl groups excluding tert-OH is 1. The summed E-state index contributed by atoms with van der Waals surface area (Å²) in [6.07, 6.45) is 1.45. The summed E-state index contributed by atoms with van der Waals surface area (Å²) in [5.41, 5.74) is -0.160. The monoisotopic (exact) mass is 267 g/mol. The fraction of sp³-hybridized carbons (Fsp3) is 0.545. The lowest BCUT2D eigenvalue weighted by molar-refractivity contribution is 0.0761. The van der Waals surface area contributed by atoms with Crippen LogP contribution in [-0.2, 0) is 6.54 Å². The van der Waals surface area contributed by atoms with Gasteiger partial charge in [-0.3, -0.25) is 14.2 Å². The Hall–Kier alpha value is -1.34. The van der Waals surface area contributed by atoms with Crippen LogP contribution in [0.3, 0.4) is 0 Å². The molecule has 2 aliphatic heterocycles. The number of rotatable bonds is 1. The number of hydrogen-bond donors (Lipinski definition) is 1. The minimum Gasteiger partial charge on any atom is -0.391 e. The molecule has 6 nitrogen and oxygen atoms in total. The summed E-state index contributed by atoms with van der Waals surface area (Å²) >= 11 is 1.52. The number of likely N-dealkylation sites (tertiary alicyclic amines) is 1. The molecule has 1 aromatic heterocycles. The van der Waals surface area contributed by atoms with E-state index in [0.29, 0.717) is 31.2 Å². The number of hydrogen-bond acceptors (Lipinski definition) is 5. The number of fused-ring (bicyclic) bond motifs is 1. The van der Waals surface area contributed by atoms with Crippen LogP contribution in [0, 0.1) is 0 Å². The second-order valence-corrected chi connectivity index (χ2v) is 5.52. The van der Waals surface area contributed by atoms with Gasteiger partial charge in [0.25, 0.3) is 11.5 Å². The fourth-order valence-corrected chi connectivity index (χ4v) is 3.17. The van der Waals surface area contributed by atoms with Crippen LogP contribution >= 0.6 is 11.8 Å². The number of nitrogens with zero attached hydrogens (tertiary/aromatic N) is 3. The van der Waals surface area contributed by atoms with E-state index in [1.54, 1.807) is 4.57 Å². The summed E-state index contributed by atoms with van der Waals surface area (Å²) in [6.45, 7) is 1.40. The first-order valence-electron chi connectivity index (χ1n) is 5.87. The van der Waals surface area contributed by atoms with E-state index in [9.17, 15) is 14.7 Å². The summed E-state index contributed by atoms with van der Waals surface area (Å²) in [7, 11) is 0. The second-order valence-electron chi connectivity index (χ2n) is 4.45. The van der Waals surface area contributed by atoms with Crippen LogP contribution in [0.15, 0.2) is 16.1 Å². The summed E-state index contributed by atoms with van der Waals surface area (Å²) < 4.78 is 1.55. The summed E-state index contributed by atoms with van der Waals surface area (Å²) in [5.74, 6) is 0.499. The number of amides is 1. The van der Waals surface area contributed by atoms with Crippen LogP contribution in [0.4, 0.5) is 0 Å². The molecule has 3 rings (SSSR count). The normalized spacial score (nSPS) is 22.3. The van der Waals surface area contributed by atoms with Gasteiger partial charge in [-0.1, -0.05) is 11.8 Å². The second kappa shape index (κ2) is 4.40. The third kappa shape index (κ3) is 1.83. The highest BCUT2D eigenvalue weighted by molar-refractivity contribution is 7.99. The predicted molar refractivity (Wildman–Crippen MR) is 65.7 cm³/mol. The molecule has 96 valence electrons. The number of carbonyl (C=O) groups is 1. The lowest BCUT2D eigenvalue weighted by Gasteiger charge is -2.15. The van der Waals surface area contributed by atoms with Gasteiger partial charge in [0.15, 0.2) is 5.16 Å². The fourth-order valence-electron chi connectivity index (χ4n) is 2.26. The molecule has 18 heavy (non-hydrogen) atoms. The van der Waals surface area contributed by atoms with E-state index >= 15 is 0 Å². The zero-order chi connectivity index (χ0) is 12.7. The van der Waals surface area contributed by atoms with Gasteiger partial charge in [0, 0.05) is 31.6 Å². The molecular formula is C11H13N3O3S. The van der Waals surface area contributed by atoms with Crippen molar-refractivity contribution in [3.63, 3.8) is 0 Å². The topological polar surface area (TPSA) is 75.4 Å². The van der Waals surface area contributed by atoms with E-state index in [1.807, 2.05) is 0 Å². The predicted octanol–water partition coefficient (Wildman–Crippen LogP) is -0.444. The molecule has 1 amide bonds. The number of carbonyl (C=O) groups excluding carboxylic acids is 1. The van der Waals surface area contributed by atoms with Crippen molar-refractivity contribution >= 4 is 17.7 Å². The molecule has 0 spiro atoms. The molecule has 0 unspecified atom stereocenters. The minimum absolute atomic E-state index is 0.107. The van der Waals surface area contributed by atoms with Crippen LogP contribution in [0.1, 0.15) is 16.8 Å². The van der Waals surface area contributed by atoms with E-state index in [0.717, 1.165) is 5.75 Å². The lowest BCUT2D eigenvalue weighted by Crippen LogP contribution is -2.36. The molecule has 1 fully saturated rings. The Bertz CT molecular complexity index is 557. The quantitative estimate of drug-likeness (QED) is 0.698. The van der Waals surface area contributed by atoms with Crippen molar-refractivity contribution in [1.82, 2.24) is 14.5 Å². The first kappa shape index (κ1) is 11.7. The van der Waals surface area contributed by atoms with E-state index in [4.69, 9.17) is 0 Å². The largest absolute Gasteiger partial charge is 0.391 e. The van der Waals surface area contributed by atoms with Crippen LogP contribution in [-0.4, -0.2) is 50.4 Å². The third-order valence-corrected chi connectivity index (χ3v) is 4.21. The smallest absolute Gasteiger partial charge is 0.267 e. The highest BCUT2D eigenvalue weighted by Gasteiger charge is 2.28. The Balaban J connectivity index is 1.93. The van der Waals surface area contributed by atoms with Gasteiger partial charge in [0.05, 0.1) is 6.10 Å². The molecule has 1 N–H and O–H groups in total. The maximum absolute atomic E-state index is 12.2. The molecule has 7 heteroatoms. The zero-order valence-electron chi connectivity index (χ0n) is 9.70. The van der Waals surface area contributed by atoms with Crippen LogP contribution in [0.5, 0.6) is 0 Å². The van der Waals surface area contributed by atoms with Crippen LogP contribution in [0.25, 0.3) is 0 Å². The molecule has 0 aromatic carbocycles. The molecule has 1 saturated heterocycles. The van der Waals surface area contributed by atoms with Gasteiger partial charge in [0.2, 0.25) is 0 Å². The van der Waals surface area contributed by atoms with E-state index < -0.39 is 6.10 Å². The average Bonchev–Trinajstić information content (AvgIpc) is 2.97. The van der Waals surface area contributed by atoms with E-state index in [-0.39, 0.29) is 17.0 Å². The van der Waals surface area contributed by atoms with Crippen LogP contribution in [0.2, 0.25) is 0 Å². The zero-order valence-corrected chi connectivity index (χ0v) is 10.5. The lowest BCUT2D eigenvalue weighted by atomic mass is 10.3. The maximum atomic E-state index is 12.2. The Morgan fingerprint density at radius 3 is 3.06 bits per heavy atom. The number of aromatic nitrogens is 2. The van der Waals surface area contributed by atoms with Crippen molar-refractivity contribution in [2.45, 2.75) is 24.2 Å². The molecular weight excluding hydrogens is 254 g/mol. The first-order valence-corrected chi connectivity index (χ1v) is 6.85. The summed E-state index contributed by atoms with van der Waals surface area (Å²) in [6, 6.07) is 0. The van der Waals surface area contributed by atoms with Crippen LogP contribution < -0.4 is 5.56 Å². The van der Waals surface area contributed by atoms with Gasteiger partial charge >= 0.3 is 0 Å². The average molecular weight is 267 g/mol. The molecule has 0 aliphatic carbocycles.